The molecule has 0 saturated carbocycles. The lowest BCUT2D eigenvalue weighted by Crippen LogP contribution is -2.44. The van der Waals surface area contributed by atoms with Crippen molar-refractivity contribution in [3.05, 3.63) is 128 Å². The molecule has 0 aliphatic carbocycles. The molecule has 6 aromatic rings. The molecule has 4 aromatic heterocycles. The van der Waals surface area contributed by atoms with Crippen LogP contribution in [0.25, 0.3) is 22.0 Å². The molecule has 5 heterocycles. The molecule has 1 saturated heterocycles. The number of carbonyl (C=O) groups is 2. The van der Waals surface area contributed by atoms with E-state index in [0.29, 0.717) is 23.0 Å². The SMILES string of the molecule is C.CN1CCN(c2ccc(C=O)nc2)CC1.Cc1cc(CCCCc2c(C=O)n(Cc3cccnc3)c3c(-c4c(C)nn(C)c4C)c(Cl)ccc23)cc(C)c1Cl. The largest absolute Gasteiger partial charge is 0.368 e. The number of unbranched alkanes of at least 4 members (excludes halogenated alkanes) is 1. The van der Waals surface area contributed by atoms with Gasteiger partial charge in [-0.25, -0.2) is 0 Å². The molecule has 9 nitrogen and oxygen atoms in total. The Bertz CT molecular complexity index is 2270. The first kappa shape index (κ1) is 42.3. The molecular weight excluding hydrogens is 741 g/mol. The fourth-order valence-electron chi connectivity index (χ4n) is 7.65. The molecule has 1 aliphatic rings. The van der Waals surface area contributed by atoms with Crippen molar-refractivity contribution in [1.82, 2.24) is 29.2 Å². The second-order valence-electron chi connectivity index (χ2n) is 14.5. The van der Waals surface area contributed by atoms with Crippen molar-refractivity contribution < 1.29 is 9.59 Å². The van der Waals surface area contributed by atoms with Crippen molar-refractivity contribution in [2.45, 2.75) is 67.3 Å². The van der Waals surface area contributed by atoms with Gasteiger partial charge in [0.25, 0.3) is 0 Å². The summed E-state index contributed by atoms with van der Waals surface area (Å²) in [6.07, 6.45) is 10.9. The Hall–Kier alpha value is -4.83. The first-order valence-corrected chi connectivity index (χ1v) is 19.5. The van der Waals surface area contributed by atoms with Crippen LogP contribution in [0.2, 0.25) is 10.0 Å². The van der Waals surface area contributed by atoms with Crippen molar-refractivity contribution in [1.29, 1.82) is 0 Å². The molecule has 1 aliphatic heterocycles. The van der Waals surface area contributed by atoms with E-state index in [0.717, 1.165) is 131 Å². The van der Waals surface area contributed by atoms with E-state index >= 15 is 0 Å². The van der Waals surface area contributed by atoms with E-state index in [1.165, 1.54) is 5.56 Å². The molecule has 0 bridgehead atoms. The van der Waals surface area contributed by atoms with Crippen molar-refractivity contribution in [2.24, 2.45) is 7.05 Å². The summed E-state index contributed by atoms with van der Waals surface area (Å²) >= 11 is 13.3. The molecule has 56 heavy (non-hydrogen) atoms. The average Bonchev–Trinajstić information content (AvgIpc) is 3.62. The minimum absolute atomic E-state index is 0. The molecule has 0 spiro atoms. The van der Waals surface area contributed by atoms with E-state index in [9.17, 15) is 9.59 Å². The second kappa shape index (κ2) is 18.9. The Morgan fingerprint density at radius 1 is 0.804 bits per heavy atom. The number of aryl methyl sites for hydroxylation is 6. The maximum absolute atomic E-state index is 12.7. The molecule has 0 amide bonds. The maximum Gasteiger partial charge on any atom is 0.168 e. The fourth-order valence-corrected chi connectivity index (χ4v) is 8.01. The number of hydrogen-bond acceptors (Lipinski definition) is 7. The predicted molar refractivity (Wildman–Crippen MR) is 231 cm³/mol. The lowest BCUT2D eigenvalue weighted by Gasteiger charge is -2.33. The first-order chi connectivity index (χ1) is 26.5. The normalized spacial score (nSPS) is 13.0. The zero-order valence-electron chi connectivity index (χ0n) is 32.6. The maximum atomic E-state index is 12.7. The summed E-state index contributed by atoms with van der Waals surface area (Å²) in [6.45, 7) is 12.9. The number of pyridine rings is 2. The van der Waals surface area contributed by atoms with Crippen LogP contribution >= 0.6 is 23.2 Å². The van der Waals surface area contributed by atoms with Gasteiger partial charge in [0, 0.05) is 79.4 Å². The average molecular weight is 795 g/mol. The Kier molecular flexibility index (Phi) is 14.3. The Morgan fingerprint density at radius 3 is 2.11 bits per heavy atom. The monoisotopic (exact) mass is 793 g/mol. The summed E-state index contributed by atoms with van der Waals surface area (Å²) in [7, 11) is 4.07. The van der Waals surface area contributed by atoms with Crippen LogP contribution in [-0.2, 0) is 26.4 Å². The van der Waals surface area contributed by atoms with E-state index < -0.39 is 0 Å². The number of aldehydes is 2. The van der Waals surface area contributed by atoms with E-state index in [1.807, 2.05) is 49.1 Å². The molecule has 0 atom stereocenters. The summed E-state index contributed by atoms with van der Waals surface area (Å²) in [6, 6.07) is 16.1. The standard InChI is InChI=1S/C33H34Cl2N4O.C11H15N3O.CH4/c1-20-15-24(16-21(2)32(20)35)9-6-7-11-26-27-12-13-28(34)31(30-22(3)37-38(5)23(30)4)33(27)39(29(26)19-40)18-25-10-8-14-36-17-25;1-13-4-6-14(7-5-13)11-3-2-10(9-15)12-8-11;/h8,10,12-17,19H,6-7,9,11,18H2,1-5H3;2-3,8-9H,4-7H2,1H3;1H4. The highest BCUT2D eigenvalue weighted by atomic mass is 35.5. The third-order valence-electron chi connectivity index (χ3n) is 10.7. The molecule has 0 N–H and O–H groups in total. The first-order valence-electron chi connectivity index (χ1n) is 18.8. The van der Waals surface area contributed by atoms with Gasteiger partial charge in [-0.3, -0.25) is 24.2 Å². The summed E-state index contributed by atoms with van der Waals surface area (Å²) in [5, 5.41) is 7.22. The van der Waals surface area contributed by atoms with E-state index in [1.54, 1.807) is 18.5 Å². The number of nitrogens with zero attached hydrogens (tertiary/aromatic N) is 7. The number of piperazine rings is 1. The lowest BCUT2D eigenvalue weighted by molar-refractivity contribution is 0.110. The molecule has 0 unspecified atom stereocenters. The van der Waals surface area contributed by atoms with Crippen molar-refractivity contribution >= 4 is 52.4 Å². The minimum atomic E-state index is 0. The van der Waals surface area contributed by atoms with E-state index in [-0.39, 0.29) is 7.43 Å². The molecule has 1 fully saturated rings. The van der Waals surface area contributed by atoms with Crippen LogP contribution in [0.4, 0.5) is 5.69 Å². The number of hydrogen-bond donors (Lipinski definition) is 0. The van der Waals surface area contributed by atoms with Crippen LogP contribution in [-0.4, -0.2) is 75.0 Å². The smallest absolute Gasteiger partial charge is 0.168 e. The Labute approximate surface area is 341 Å². The highest BCUT2D eigenvalue weighted by Gasteiger charge is 2.25. The van der Waals surface area contributed by atoms with Gasteiger partial charge in [-0.1, -0.05) is 54.9 Å². The summed E-state index contributed by atoms with van der Waals surface area (Å²) in [5.41, 5.74) is 12.8. The van der Waals surface area contributed by atoms with Gasteiger partial charge in [-0.2, -0.15) is 5.10 Å². The van der Waals surface area contributed by atoms with Gasteiger partial charge >= 0.3 is 0 Å². The van der Waals surface area contributed by atoms with Gasteiger partial charge in [0.1, 0.15) is 5.69 Å². The number of rotatable bonds is 11. The minimum Gasteiger partial charge on any atom is -0.368 e. The number of fused-ring (bicyclic) bond motifs is 1. The van der Waals surface area contributed by atoms with Crippen molar-refractivity contribution in [2.75, 3.05) is 38.1 Å². The predicted octanol–water partition coefficient (Wildman–Crippen LogP) is 9.69. The molecular formula is C45H53Cl2N7O2. The highest BCUT2D eigenvalue weighted by Crippen LogP contribution is 2.42. The number of aromatic nitrogens is 5. The molecule has 2 aromatic carbocycles. The summed E-state index contributed by atoms with van der Waals surface area (Å²) in [4.78, 5) is 36.2. The molecule has 294 valence electrons. The van der Waals surface area contributed by atoms with Gasteiger partial charge in [0.05, 0.1) is 33.8 Å². The van der Waals surface area contributed by atoms with Gasteiger partial charge in [0.15, 0.2) is 12.6 Å². The molecule has 0 radical (unpaired) electrons. The number of anilines is 1. The molecule has 7 rings (SSSR count). The lowest BCUT2D eigenvalue weighted by atomic mass is 9.97. The van der Waals surface area contributed by atoms with Crippen LogP contribution in [0.5, 0.6) is 0 Å². The van der Waals surface area contributed by atoms with Crippen molar-refractivity contribution in [3.63, 3.8) is 0 Å². The topological polar surface area (TPSA) is 89.2 Å². The summed E-state index contributed by atoms with van der Waals surface area (Å²) < 4.78 is 4.00. The number of carbonyl (C=O) groups excluding carboxylic acids is 2. The number of halogens is 2. The Balaban J connectivity index is 0.000000314. The van der Waals surface area contributed by atoms with Crippen molar-refractivity contribution in [3.8, 4) is 11.1 Å². The van der Waals surface area contributed by atoms with Crippen LogP contribution in [0.3, 0.4) is 0 Å². The Morgan fingerprint density at radius 2 is 1.52 bits per heavy atom. The van der Waals surface area contributed by atoms with Crippen LogP contribution in [0.1, 0.15) is 80.5 Å². The quantitative estimate of drug-likeness (QED) is 0.0954. The summed E-state index contributed by atoms with van der Waals surface area (Å²) in [5.74, 6) is 0. The highest BCUT2D eigenvalue weighted by molar-refractivity contribution is 6.35. The zero-order chi connectivity index (χ0) is 39.2. The van der Waals surface area contributed by atoms with E-state index in [4.69, 9.17) is 23.2 Å². The van der Waals surface area contributed by atoms with Gasteiger partial charge in [-0.15, -0.1) is 0 Å². The zero-order valence-corrected chi connectivity index (χ0v) is 34.1. The second-order valence-corrected chi connectivity index (χ2v) is 15.3. The number of benzene rings is 2. The third-order valence-corrected chi connectivity index (χ3v) is 11.6. The third kappa shape index (κ3) is 9.23. The van der Waals surface area contributed by atoms with Crippen LogP contribution in [0.15, 0.2) is 67.1 Å². The number of likely N-dealkylation sites (N-methyl/N-ethyl adjacent to an activating group) is 1. The van der Waals surface area contributed by atoms with Gasteiger partial charge in [0.2, 0.25) is 0 Å². The van der Waals surface area contributed by atoms with Gasteiger partial charge in [-0.05, 0) is 113 Å². The van der Waals surface area contributed by atoms with Gasteiger partial charge < -0.3 is 14.4 Å². The van der Waals surface area contributed by atoms with E-state index in [2.05, 4.69) is 75.5 Å². The van der Waals surface area contributed by atoms with Crippen LogP contribution in [0, 0.1) is 27.7 Å². The molecule has 11 heteroatoms. The van der Waals surface area contributed by atoms with Crippen LogP contribution < -0.4 is 4.90 Å². The fraction of sp³-hybridized carbons (Fsp3) is 0.356.